The van der Waals surface area contributed by atoms with Crippen molar-refractivity contribution in [1.82, 2.24) is 0 Å². The van der Waals surface area contributed by atoms with Crippen molar-refractivity contribution in [2.45, 2.75) is 18.8 Å². The summed E-state index contributed by atoms with van der Waals surface area (Å²) in [6.07, 6.45) is 0.573. The molecular weight excluding hydrogens is 183 g/mol. The molecule has 14 heavy (non-hydrogen) atoms. The normalized spacial score (nSPS) is 11.7. The van der Waals surface area contributed by atoms with E-state index in [0.29, 0.717) is 12.0 Å². The maximum Gasteiger partial charge on any atom is 0.123 e. The second kappa shape index (κ2) is 4.53. The van der Waals surface area contributed by atoms with Crippen molar-refractivity contribution >= 4 is 0 Å². The van der Waals surface area contributed by atoms with Crippen LogP contribution in [0.3, 0.4) is 0 Å². The Hall–Kier alpha value is -0.930. The van der Waals surface area contributed by atoms with Crippen LogP contribution in [-0.2, 0) is 5.41 Å². The average Bonchev–Trinajstić information content (AvgIpc) is 2.22. The van der Waals surface area contributed by atoms with E-state index in [1.165, 1.54) is 12.1 Å². The van der Waals surface area contributed by atoms with E-state index in [0.717, 1.165) is 0 Å². The number of hydrogen-bond donors (Lipinski definition) is 2. The Balaban J connectivity index is 3.10. The molecule has 0 spiro atoms. The van der Waals surface area contributed by atoms with Gasteiger partial charge in [-0.2, -0.15) is 0 Å². The topological polar surface area (TPSA) is 40.5 Å². The molecule has 0 heterocycles. The molecule has 0 saturated heterocycles. The van der Waals surface area contributed by atoms with Crippen LogP contribution in [-0.4, -0.2) is 23.4 Å². The first-order valence-corrected chi connectivity index (χ1v) is 4.66. The van der Waals surface area contributed by atoms with Crippen molar-refractivity contribution in [1.29, 1.82) is 0 Å². The summed E-state index contributed by atoms with van der Waals surface area (Å²) in [5.74, 6) is -0.345. The molecule has 0 aliphatic heterocycles. The van der Waals surface area contributed by atoms with E-state index in [4.69, 9.17) is 0 Å². The Morgan fingerprint density at radius 3 is 2.36 bits per heavy atom. The fraction of sp³-hybridized carbons (Fsp3) is 0.455. The number of benzene rings is 1. The van der Waals surface area contributed by atoms with E-state index in [1.807, 2.05) is 6.92 Å². The predicted molar refractivity (Wildman–Crippen MR) is 52.5 cm³/mol. The molecule has 1 aromatic rings. The number of rotatable bonds is 4. The standard InChI is InChI=1S/C11H15FO2/c1-2-11(7-13,8-14)9-4-3-5-10(12)6-9/h3-6,13-14H,2,7-8H2,1H3. The second-order valence-electron chi connectivity index (χ2n) is 3.46. The van der Waals surface area contributed by atoms with Crippen LogP contribution < -0.4 is 0 Å². The summed E-state index contributed by atoms with van der Waals surface area (Å²) in [5.41, 5.74) is -0.0766. The fourth-order valence-electron chi connectivity index (χ4n) is 1.48. The first-order chi connectivity index (χ1) is 6.68. The highest BCUT2D eigenvalue weighted by molar-refractivity contribution is 5.26. The van der Waals surface area contributed by atoms with Crippen LogP contribution >= 0.6 is 0 Å². The largest absolute Gasteiger partial charge is 0.395 e. The zero-order chi connectivity index (χ0) is 10.6. The highest BCUT2D eigenvalue weighted by Gasteiger charge is 2.28. The van der Waals surface area contributed by atoms with Crippen molar-refractivity contribution in [2.24, 2.45) is 0 Å². The zero-order valence-electron chi connectivity index (χ0n) is 8.20. The van der Waals surface area contributed by atoms with E-state index >= 15 is 0 Å². The third kappa shape index (κ3) is 1.94. The molecule has 0 atom stereocenters. The van der Waals surface area contributed by atoms with Gasteiger partial charge in [-0.25, -0.2) is 4.39 Å². The molecule has 2 N–H and O–H groups in total. The Bertz CT molecular complexity index is 287. The van der Waals surface area contributed by atoms with Crippen molar-refractivity contribution in [2.75, 3.05) is 13.2 Å². The summed E-state index contributed by atoms with van der Waals surface area (Å²) < 4.78 is 12.9. The molecule has 2 nitrogen and oxygen atoms in total. The molecular formula is C11H15FO2. The molecule has 0 amide bonds. The van der Waals surface area contributed by atoms with Crippen LogP contribution in [0.4, 0.5) is 4.39 Å². The molecule has 0 aromatic heterocycles. The molecule has 0 aliphatic carbocycles. The molecule has 78 valence electrons. The van der Waals surface area contributed by atoms with Gasteiger partial charge in [0.25, 0.3) is 0 Å². The zero-order valence-corrected chi connectivity index (χ0v) is 8.20. The van der Waals surface area contributed by atoms with E-state index in [9.17, 15) is 14.6 Å². The van der Waals surface area contributed by atoms with Gasteiger partial charge in [-0.1, -0.05) is 19.1 Å². The van der Waals surface area contributed by atoms with Gasteiger partial charge in [-0.3, -0.25) is 0 Å². The molecule has 3 heteroatoms. The summed E-state index contributed by atoms with van der Waals surface area (Å²) >= 11 is 0. The van der Waals surface area contributed by atoms with Crippen LogP contribution in [0.2, 0.25) is 0 Å². The van der Waals surface area contributed by atoms with Crippen molar-refractivity contribution in [3.8, 4) is 0 Å². The van der Waals surface area contributed by atoms with Gasteiger partial charge in [0.15, 0.2) is 0 Å². The maximum absolute atomic E-state index is 12.9. The molecule has 1 rings (SSSR count). The molecule has 1 aromatic carbocycles. The van der Waals surface area contributed by atoms with E-state index in [1.54, 1.807) is 12.1 Å². The van der Waals surface area contributed by atoms with E-state index < -0.39 is 5.41 Å². The second-order valence-corrected chi connectivity index (χ2v) is 3.46. The Morgan fingerprint density at radius 1 is 1.29 bits per heavy atom. The first-order valence-electron chi connectivity index (χ1n) is 4.66. The van der Waals surface area contributed by atoms with Gasteiger partial charge in [0.1, 0.15) is 5.82 Å². The van der Waals surface area contributed by atoms with Crippen LogP contribution in [0, 0.1) is 5.82 Å². The monoisotopic (exact) mass is 198 g/mol. The lowest BCUT2D eigenvalue weighted by atomic mass is 9.79. The molecule has 0 unspecified atom stereocenters. The van der Waals surface area contributed by atoms with Gasteiger partial charge in [-0.05, 0) is 24.1 Å². The molecule has 0 saturated carbocycles. The van der Waals surface area contributed by atoms with Gasteiger partial charge < -0.3 is 10.2 Å². The van der Waals surface area contributed by atoms with Crippen LogP contribution in [0.5, 0.6) is 0 Å². The Kier molecular flexibility index (Phi) is 3.61. The minimum absolute atomic E-state index is 0.177. The number of hydrogen-bond acceptors (Lipinski definition) is 2. The van der Waals surface area contributed by atoms with Crippen molar-refractivity contribution in [3.05, 3.63) is 35.6 Å². The van der Waals surface area contributed by atoms with Gasteiger partial charge in [0.2, 0.25) is 0 Å². The minimum atomic E-state index is -0.720. The minimum Gasteiger partial charge on any atom is -0.395 e. The number of aliphatic hydroxyl groups excluding tert-OH is 2. The number of halogens is 1. The lowest BCUT2D eigenvalue weighted by Gasteiger charge is -2.28. The molecule has 0 radical (unpaired) electrons. The number of aliphatic hydroxyl groups is 2. The van der Waals surface area contributed by atoms with Gasteiger partial charge in [0, 0.05) is 5.41 Å². The van der Waals surface area contributed by atoms with Gasteiger partial charge in [0.05, 0.1) is 13.2 Å². The molecule has 0 fully saturated rings. The third-order valence-corrected chi connectivity index (χ3v) is 2.72. The highest BCUT2D eigenvalue weighted by atomic mass is 19.1. The Labute approximate surface area is 83.0 Å². The summed E-state index contributed by atoms with van der Waals surface area (Å²) in [7, 11) is 0. The highest BCUT2D eigenvalue weighted by Crippen LogP contribution is 2.27. The van der Waals surface area contributed by atoms with E-state index in [2.05, 4.69) is 0 Å². The smallest absolute Gasteiger partial charge is 0.123 e. The van der Waals surface area contributed by atoms with Gasteiger partial charge >= 0.3 is 0 Å². The summed E-state index contributed by atoms with van der Waals surface area (Å²) in [5, 5.41) is 18.5. The van der Waals surface area contributed by atoms with E-state index in [-0.39, 0.29) is 19.0 Å². The summed E-state index contributed by atoms with van der Waals surface area (Å²) in [6, 6.07) is 6.01. The Morgan fingerprint density at radius 2 is 1.93 bits per heavy atom. The SMILES string of the molecule is CCC(CO)(CO)c1cccc(F)c1. The molecule has 0 aliphatic rings. The lowest BCUT2D eigenvalue weighted by Crippen LogP contribution is -2.34. The van der Waals surface area contributed by atoms with Crippen LogP contribution in [0.25, 0.3) is 0 Å². The average molecular weight is 198 g/mol. The quantitative estimate of drug-likeness (QED) is 0.769. The first kappa shape index (κ1) is 11.1. The maximum atomic E-state index is 12.9. The third-order valence-electron chi connectivity index (χ3n) is 2.72. The molecule has 0 bridgehead atoms. The van der Waals surface area contributed by atoms with Crippen LogP contribution in [0.15, 0.2) is 24.3 Å². The van der Waals surface area contributed by atoms with Crippen LogP contribution in [0.1, 0.15) is 18.9 Å². The summed E-state index contributed by atoms with van der Waals surface area (Å²) in [6.45, 7) is 1.50. The predicted octanol–water partition coefficient (Wildman–Crippen LogP) is 1.46. The lowest BCUT2D eigenvalue weighted by molar-refractivity contribution is 0.113. The van der Waals surface area contributed by atoms with Crippen molar-refractivity contribution < 1.29 is 14.6 Å². The fourth-order valence-corrected chi connectivity index (χ4v) is 1.48. The van der Waals surface area contributed by atoms with Gasteiger partial charge in [-0.15, -0.1) is 0 Å². The van der Waals surface area contributed by atoms with Crippen molar-refractivity contribution in [3.63, 3.8) is 0 Å². The summed E-state index contributed by atoms with van der Waals surface area (Å²) in [4.78, 5) is 0.